The average Bonchev–Trinajstić information content (AvgIpc) is 3.11. The van der Waals surface area contributed by atoms with Crippen LogP contribution in [0.3, 0.4) is 0 Å². The maximum atomic E-state index is 12.3. The minimum atomic E-state index is -3.07. The van der Waals surface area contributed by atoms with Crippen LogP contribution in [0.5, 0.6) is 0 Å². The first-order valence-electron chi connectivity index (χ1n) is 8.06. The van der Waals surface area contributed by atoms with Crippen LogP contribution in [0.15, 0.2) is 45.7 Å². The quantitative estimate of drug-likeness (QED) is 0.808. The molecule has 5 nitrogen and oxygen atoms in total. The van der Waals surface area contributed by atoms with Gasteiger partial charge in [-0.1, -0.05) is 17.7 Å². The van der Waals surface area contributed by atoms with Crippen LogP contribution in [0.25, 0.3) is 0 Å². The number of nitrogens with one attached hydrogen (secondary N) is 1. The Morgan fingerprint density at radius 1 is 1.24 bits per heavy atom. The summed E-state index contributed by atoms with van der Waals surface area (Å²) in [5, 5.41) is 2.80. The van der Waals surface area contributed by atoms with Crippen LogP contribution in [0.4, 0.5) is 0 Å². The Morgan fingerprint density at radius 3 is 2.60 bits per heavy atom. The van der Waals surface area contributed by atoms with E-state index >= 15 is 0 Å². The smallest absolute Gasteiger partial charge is 0.287 e. The van der Waals surface area contributed by atoms with Gasteiger partial charge in [0.1, 0.15) is 5.76 Å². The lowest BCUT2D eigenvalue weighted by Gasteiger charge is -2.23. The fourth-order valence-electron chi connectivity index (χ4n) is 2.81. The maximum Gasteiger partial charge on any atom is 0.287 e. The standard InChI is InChI=1S/C18H21NO4S2/c1-13-3-6-15(7-4-13)24-11-14-5-8-16(23-14)17(20)19-18(2)9-10-25(21,22)12-18/h3-8H,9-12H2,1-2H3,(H,19,20). The number of aryl methyl sites for hydroxylation is 1. The molecule has 0 aliphatic carbocycles. The monoisotopic (exact) mass is 379 g/mol. The van der Waals surface area contributed by atoms with Crippen LogP contribution in [-0.2, 0) is 15.6 Å². The van der Waals surface area contributed by atoms with Crippen molar-refractivity contribution in [2.45, 2.75) is 36.5 Å². The molecule has 1 unspecified atom stereocenters. The van der Waals surface area contributed by atoms with E-state index in [1.165, 1.54) is 5.56 Å². The predicted molar refractivity (Wildman–Crippen MR) is 98.6 cm³/mol. The van der Waals surface area contributed by atoms with Crippen LogP contribution in [0, 0.1) is 6.92 Å². The van der Waals surface area contributed by atoms with Crippen molar-refractivity contribution in [3.05, 3.63) is 53.5 Å². The van der Waals surface area contributed by atoms with E-state index in [2.05, 4.69) is 29.6 Å². The normalized spacial score (nSPS) is 22.0. The van der Waals surface area contributed by atoms with E-state index in [-0.39, 0.29) is 23.2 Å². The van der Waals surface area contributed by atoms with Gasteiger partial charge in [0, 0.05) is 4.90 Å². The molecule has 0 saturated carbocycles. The molecule has 0 bridgehead atoms. The van der Waals surface area contributed by atoms with Crippen molar-refractivity contribution in [3.8, 4) is 0 Å². The molecule has 1 aliphatic heterocycles. The first-order chi connectivity index (χ1) is 11.7. The van der Waals surface area contributed by atoms with E-state index in [1.807, 2.05) is 6.92 Å². The molecule has 3 rings (SSSR count). The second-order valence-electron chi connectivity index (χ2n) is 6.72. The third kappa shape index (κ3) is 4.67. The van der Waals surface area contributed by atoms with Crippen LogP contribution in [-0.4, -0.2) is 31.4 Å². The van der Waals surface area contributed by atoms with Gasteiger partial charge in [-0.05, 0) is 44.5 Å². The molecule has 1 fully saturated rings. The number of carbonyl (C=O) groups is 1. The van der Waals surface area contributed by atoms with Gasteiger partial charge in [0.15, 0.2) is 15.6 Å². The number of rotatable bonds is 5. The third-order valence-electron chi connectivity index (χ3n) is 4.21. The predicted octanol–water partition coefficient (Wildman–Crippen LogP) is 3.19. The summed E-state index contributed by atoms with van der Waals surface area (Å²) in [6.45, 7) is 3.80. The molecular formula is C18H21NO4S2. The Kier molecular flexibility index (Phi) is 4.97. The van der Waals surface area contributed by atoms with Gasteiger partial charge in [0.25, 0.3) is 5.91 Å². The molecule has 1 N–H and O–H groups in total. The lowest BCUT2D eigenvalue weighted by atomic mass is 10.0. The van der Waals surface area contributed by atoms with Crippen LogP contribution >= 0.6 is 11.8 Å². The number of carbonyl (C=O) groups excluding carboxylic acids is 1. The molecule has 134 valence electrons. The van der Waals surface area contributed by atoms with Crippen LogP contribution in [0.2, 0.25) is 0 Å². The van der Waals surface area contributed by atoms with E-state index in [9.17, 15) is 13.2 Å². The first kappa shape index (κ1) is 18.1. The molecule has 25 heavy (non-hydrogen) atoms. The van der Waals surface area contributed by atoms with Gasteiger partial charge in [-0.3, -0.25) is 4.79 Å². The van der Waals surface area contributed by atoms with E-state index < -0.39 is 15.4 Å². The molecule has 1 saturated heterocycles. The van der Waals surface area contributed by atoms with Crippen molar-refractivity contribution < 1.29 is 17.6 Å². The van der Waals surface area contributed by atoms with E-state index in [1.54, 1.807) is 30.8 Å². The van der Waals surface area contributed by atoms with E-state index in [4.69, 9.17) is 4.42 Å². The number of thioether (sulfide) groups is 1. The minimum Gasteiger partial charge on any atom is -0.455 e. The SMILES string of the molecule is Cc1ccc(SCc2ccc(C(=O)NC3(C)CCS(=O)(=O)C3)o2)cc1. The molecule has 0 radical (unpaired) electrons. The molecule has 1 aliphatic rings. The fourth-order valence-corrected chi connectivity index (χ4v) is 5.70. The van der Waals surface area contributed by atoms with Gasteiger partial charge in [0.2, 0.25) is 0 Å². The zero-order valence-electron chi connectivity index (χ0n) is 14.2. The lowest BCUT2D eigenvalue weighted by Crippen LogP contribution is -2.46. The average molecular weight is 380 g/mol. The Hall–Kier alpha value is -1.73. The summed E-state index contributed by atoms with van der Waals surface area (Å²) >= 11 is 1.63. The summed E-state index contributed by atoms with van der Waals surface area (Å²) in [6, 6.07) is 11.6. The molecule has 1 aromatic heterocycles. The van der Waals surface area contributed by atoms with Crippen molar-refractivity contribution in [2.75, 3.05) is 11.5 Å². The first-order valence-corrected chi connectivity index (χ1v) is 10.9. The highest BCUT2D eigenvalue weighted by Gasteiger charge is 2.39. The highest BCUT2D eigenvalue weighted by Crippen LogP contribution is 2.26. The third-order valence-corrected chi connectivity index (χ3v) is 7.14. The summed E-state index contributed by atoms with van der Waals surface area (Å²) in [6.07, 6.45) is 0.428. The van der Waals surface area contributed by atoms with Gasteiger partial charge in [-0.2, -0.15) is 0 Å². The number of furan rings is 1. The topological polar surface area (TPSA) is 76.4 Å². The fraction of sp³-hybridized carbons (Fsp3) is 0.389. The Labute approximate surface area is 152 Å². The Balaban J connectivity index is 1.59. The molecule has 1 amide bonds. The van der Waals surface area contributed by atoms with Crippen molar-refractivity contribution in [2.24, 2.45) is 0 Å². The summed E-state index contributed by atoms with van der Waals surface area (Å²) in [4.78, 5) is 13.5. The number of sulfone groups is 1. The molecular weight excluding hydrogens is 358 g/mol. The number of hydrogen-bond donors (Lipinski definition) is 1. The Morgan fingerprint density at radius 2 is 1.96 bits per heavy atom. The maximum absolute atomic E-state index is 12.3. The number of amides is 1. The zero-order chi connectivity index (χ0) is 18.1. The molecule has 1 atom stereocenters. The molecule has 2 aromatic rings. The summed E-state index contributed by atoms with van der Waals surface area (Å²) in [5.74, 6) is 1.27. The molecule has 0 spiro atoms. The second-order valence-corrected chi connectivity index (χ2v) is 9.96. The van der Waals surface area contributed by atoms with Crippen molar-refractivity contribution >= 4 is 27.5 Å². The van der Waals surface area contributed by atoms with Crippen LogP contribution in [0.1, 0.15) is 35.2 Å². The zero-order valence-corrected chi connectivity index (χ0v) is 15.9. The van der Waals surface area contributed by atoms with Crippen molar-refractivity contribution in [1.29, 1.82) is 0 Å². The van der Waals surface area contributed by atoms with Gasteiger partial charge < -0.3 is 9.73 Å². The highest BCUT2D eigenvalue weighted by molar-refractivity contribution is 7.98. The van der Waals surface area contributed by atoms with E-state index in [0.29, 0.717) is 17.9 Å². The minimum absolute atomic E-state index is 0.0252. The summed E-state index contributed by atoms with van der Waals surface area (Å²) < 4.78 is 28.9. The van der Waals surface area contributed by atoms with Crippen molar-refractivity contribution in [1.82, 2.24) is 5.32 Å². The lowest BCUT2D eigenvalue weighted by molar-refractivity contribution is 0.0885. The number of hydrogen-bond acceptors (Lipinski definition) is 5. The molecule has 7 heteroatoms. The van der Waals surface area contributed by atoms with Crippen molar-refractivity contribution in [3.63, 3.8) is 0 Å². The summed E-state index contributed by atoms with van der Waals surface area (Å²) in [5.41, 5.74) is 0.489. The number of benzene rings is 1. The Bertz CT molecular complexity index is 871. The highest BCUT2D eigenvalue weighted by atomic mass is 32.2. The largest absolute Gasteiger partial charge is 0.455 e. The van der Waals surface area contributed by atoms with Gasteiger partial charge in [-0.15, -0.1) is 11.8 Å². The molecule has 1 aromatic carbocycles. The van der Waals surface area contributed by atoms with Gasteiger partial charge in [-0.25, -0.2) is 8.42 Å². The van der Waals surface area contributed by atoms with Crippen LogP contribution < -0.4 is 5.32 Å². The van der Waals surface area contributed by atoms with E-state index in [0.717, 1.165) is 4.90 Å². The molecule has 2 heterocycles. The summed E-state index contributed by atoms with van der Waals surface area (Å²) in [7, 11) is -3.07. The van der Waals surface area contributed by atoms with Gasteiger partial charge in [0.05, 0.1) is 22.8 Å². The van der Waals surface area contributed by atoms with Gasteiger partial charge >= 0.3 is 0 Å². The second kappa shape index (κ2) is 6.88.